The zero-order chi connectivity index (χ0) is 16.9. The van der Waals surface area contributed by atoms with E-state index in [2.05, 4.69) is 16.2 Å². The van der Waals surface area contributed by atoms with Gasteiger partial charge < -0.3 is 10.1 Å². The number of hydrogen-bond donors (Lipinski definition) is 3. The van der Waals surface area contributed by atoms with E-state index < -0.39 is 0 Å². The summed E-state index contributed by atoms with van der Waals surface area (Å²) in [4.78, 5) is 12.6. The molecule has 1 aromatic carbocycles. The van der Waals surface area contributed by atoms with Crippen molar-refractivity contribution in [1.82, 2.24) is 16.2 Å². The maximum Gasteiger partial charge on any atom is 0.226 e. The van der Waals surface area contributed by atoms with E-state index in [0.29, 0.717) is 18.2 Å². The normalized spacial score (nSPS) is 28.0. The van der Waals surface area contributed by atoms with Crippen molar-refractivity contribution in [3.05, 3.63) is 35.6 Å². The van der Waals surface area contributed by atoms with Gasteiger partial charge in [-0.25, -0.2) is 9.82 Å². The van der Waals surface area contributed by atoms with Gasteiger partial charge in [0.25, 0.3) is 0 Å². The second-order valence-electron chi connectivity index (χ2n) is 6.75. The Labute approximate surface area is 142 Å². The van der Waals surface area contributed by atoms with Gasteiger partial charge in [0, 0.05) is 24.8 Å². The third-order valence-electron chi connectivity index (χ3n) is 4.89. The summed E-state index contributed by atoms with van der Waals surface area (Å²) < 4.78 is 19.6. The lowest BCUT2D eigenvalue weighted by Gasteiger charge is -2.22. The van der Waals surface area contributed by atoms with Gasteiger partial charge in [0.15, 0.2) is 0 Å². The quantitative estimate of drug-likeness (QED) is 0.745. The maximum absolute atomic E-state index is 14.0. The summed E-state index contributed by atoms with van der Waals surface area (Å²) in [6.45, 7) is 3.36. The Morgan fingerprint density at radius 3 is 3.04 bits per heavy atom. The Bertz CT molecular complexity index is 563. The van der Waals surface area contributed by atoms with E-state index in [-0.39, 0.29) is 29.7 Å². The van der Waals surface area contributed by atoms with Gasteiger partial charge in [0.2, 0.25) is 5.91 Å². The highest BCUT2D eigenvalue weighted by Gasteiger charge is 2.35. The van der Waals surface area contributed by atoms with Crippen molar-refractivity contribution < 1.29 is 13.9 Å². The van der Waals surface area contributed by atoms with Crippen LogP contribution in [0.2, 0.25) is 0 Å². The van der Waals surface area contributed by atoms with E-state index in [1.54, 1.807) is 18.2 Å². The molecule has 2 aliphatic rings. The van der Waals surface area contributed by atoms with Crippen LogP contribution in [0.1, 0.15) is 44.2 Å². The highest BCUT2D eigenvalue weighted by Crippen LogP contribution is 2.27. The van der Waals surface area contributed by atoms with Crippen LogP contribution in [0.3, 0.4) is 0 Å². The summed E-state index contributed by atoms with van der Waals surface area (Å²) in [5.41, 5.74) is 6.53. The zero-order valence-corrected chi connectivity index (χ0v) is 14.1. The number of amides is 1. The molecule has 3 rings (SSSR count). The van der Waals surface area contributed by atoms with Crippen LogP contribution in [-0.4, -0.2) is 31.2 Å². The molecule has 0 saturated carbocycles. The van der Waals surface area contributed by atoms with Gasteiger partial charge in [-0.2, -0.15) is 0 Å². The molecule has 2 saturated heterocycles. The second-order valence-corrected chi connectivity index (χ2v) is 6.75. The number of carbonyl (C=O) groups is 1. The fourth-order valence-electron chi connectivity index (χ4n) is 3.49. The molecule has 2 fully saturated rings. The average molecular weight is 335 g/mol. The van der Waals surface area contributed by atoms with Crippen molar-refractivity contribution in [1.29, 1.82) is 0 Å². The van der Waals surface area contributed by atoms with Gasteiger partial charge in [-0.3, -0.25) is 10.2 Å². The molecule has 5 nitrogen and oxygen atoms in total. The van der Waals surface area contributed by atoms with Gasteiger partial charge in [0.1, 0.15) is 5.82 Å². The summed E-state index contributed by atoms with van der Waals surface area (Å²) in [5, 5.41) is 3.07. The predicted molar refractivity (Wildman–Crippen MR) is 89.6 cm³/mol. The Hall–Kier alpha value is -1.50. The van der Waals surface area contributed by atoms with Crippen molar-refractivity contribution in [3.8, 4) is 0 Å². The molecule has 132 valence electrons. The monoisotopic (exact) mass is 335 g/mol. The minimum atomic E-state index is -0.350. The van der Waals surface area contributed by atoms with Crippen LogP contribution in [0.5, 0.6) is 0 Å². The molecule has 2 heterocycles. The first-order valence-corrected chi connectivity index (χ1v) is 8.80. The van der Waals surface area contributed by atoms with Crippen LogP contribution in [0.15, 0.2) is 24.3 Å². The SMILES string of the molecule is CC(CCC1CCCO1)NC(=O)C1CNNC1c1ccccc1F. The summed E-state index contributed by atoms with van der Waals surface area (Å²) in [6, 6.07) is 6.33. The number of rotatable bonds is 6. The molecule has 6 heteroatoms. The lowest BCUT2D eigenvalue weighted by molar-refractivity contribution is -0.125. The molecule has 0 bridgehead atoms. The van der Waals surface area contributed by atoms with E-state index in [4.69, 9.17) is 4.74 Å². The van der Waals surface area contributed by atoms with E-state index in [1.165, 1.54) is 6.07 Å². The minimum absolute atomic E-state index is 0.0411. The Balaban J connectivity index is 1.54. The average Bonchev–Trinajstić information content (AvgIpc) is 3.25. The zero-order valence-electron chi connectivity index (χ0n) is 14.1. The Kier molecular flexibility index (Phi) is 5.81. The van der Waals surface area contributed by atoms with Gasteiger partial charge in [-0.15, -0.1) is 0 Å². The Morgan fingerprint density at radius 2 is 2.29 bits per heavy atom. The molecule has 4 unspecified atom stereocenters. The predicted octanol–water partition coefficient (Wildman–Crippen LogP) is 2.05. The van der Waals surface area contributed by atoms with E-state index in [0.717, 1.165) is 32.3 Å². The molecule has 0 aromatic heterocycles. The van der Waals surface area contributed by atoms with Crippen LogP contribution in [-0.2, 0) is 9.53 Å². The number of hydrazine groups is 1. The lowest BCUT2D eigenvalue weighted by atomic mass is 9.93. The molecule has 4 atom stereocenters. The molecule has 0 radical (unpaired) electrons. The molecule has 1 amide bonds. The first-order valence-electron chi connectivity index (χ1n) is 8.80. The topological polar surface area (TPSA) is 62.4 Å². The fraction of sp³-hybridized carbons (Fsp3) is 0.611. The van der Waals surface area contributed by atoms with E-state index in [9.17, 15) is 9.18 Å². The number of carbonyl (C=O) groups excluding carboxylic acids is 1. The number of nitrogens with one attached hydrogen (secondary N) is 3. The van der Waals surface area contributed by atoms with Crippen LogP contribution in [0.4, 0.5) is 4.39 Å². The van der Waals surface area contributed by atoms with Crippen molar-refractivity contribution in [2.24, 2.45) is 5.92 Å². The Morgan fingerprint density at radius 1 is 1.46 bits per heavy atom. The van der Waals surface area contributed by atoms with Gasteiger partial charge in [-0.1, -0.05) is 18.2 Å². The highest BCUT2D eigenvalue weighted by molar-refractivity contribution is 5.80. The number of ether oxygens (including phenoxy) is 1. The maximum atomic E-state index is 14.0. The molecule has 24 heavy (non-hydrogen) atoms. The summed E-state index contributed by atoms with van der Waals surface area (Å²) in [6.07, 6.45) is 4.46. The molecule has 2 aliphatic heterocycles. The van der Waals surface area contributed by atoms with Crippen LogP contribution in [0.25, 0.3) is 0 Å². The summed E-state index contributed by atoms with van der Waals surface area (Å²) in [5.74, 6) is -0.657. The molecular weight excluding hydrogens is 309 g/mol. The van der Waals surface area contributed by atoms with Crippen LogP contribution < -0.4 is 16.2 Å². The largest absolute Gasteiger partial charge is 0.378 e. The van der Waals surface area contributed by atoms with Gasteiger partial charge in [-0.05, 0) is 38.7 Å². The first-order chi connectivity index (χ1) is 11.6. The van der Waals surface area contributed by atoms with Crippen molar-refractivity contribution >= 4 is 5.91 Å². The van der Waals surface area contributed by atoms with E-state index in [1.807, 2.05) is 6.92 Å². The van der Waals surface area contributed by atoms with E-state index >= 15 is 0 Å². The second kappa shape index (κ2) is 8.05. The van der Waals surface area contributed by atoms with Crippen molar-refractivity contribution in [3.63, 3.8) is 0 Å². The molecule has 3 N–H and O–H groups in total. The third-order valence-corrected chi connectivity index (χ3v) is 4.89. The smallest absolute Gasteiger partial charge is 0.226 e. The number of hydrogen-bond acceptors (Lipinski definition) is 4. The van der Waals surface area contributed by atoms with Crippen molar-refractivity contribution in [2.45, 2.75) is 50.8 Å². The fourth-order valence-corrected chi connectivity index (χ4v) is 3.49. The minimum Gasteiger partial charge on any atom is -0.378 e. The molecule has 0 spiro atoms. The summed E-state index contributed by atoms with van der Waals surface area (Å²) >= 11 is 0. The van der Waals surface area contributed by atoms with Crippen molar-refractivity contribution in [2.75, 3.05) is 13.2 Å². The van der Waals surface area contributed by atoms with Crippen LogP contribution in [0, 0.1) is 11.7 Å². The third kappa shape index (κ3) is 4.12. The highest BCUT2D eigenvalue weighted by atomic mass is 19.1. The van der Waals surface area contributed by atoms with Gasteiger partial charge in [0.05, 0.1) is 18.1 Å². The first kappa shape index (κ1) is 17.3. The summed E-state index contributed by atoms with van der Waals surface area (Å²) in [7, 11) is 0. The number of benzene rings is 1. The van der Waals surface area contributed by atoms with Gasteiger partial charge >= 0.3 is 0 Å². The molecule has 0 aliphatic carbocycles. The molecule has 1 aromatic rings. The lowest BCUT2D eigenvalue weighted by Crippen LogP contribution is -2.40. The van der Waals surface area contributed by atoms with Crippen LogP contribution >= 0.6 is 0 Å². The molecular formula is C18H26FN3O2. The number of halogens is 1. The standard InChI is InChI=1S/C18H26FN3O2/c1-12(8-9-13-5-4-10-24-13)21-18(23)15-11-20-22-17(15)14-6-2-3-7-16(14)19/h2-3,6-7,12-13,15,17,20,22H,4-5,8-11H2,1H3,(H,21,23).